The number of halogens is 1. The molecule has 1 atom stereocenters. The second-order valence-electron chi connectivity index (χ2n) is 10.4. The molecule has 8 heteroatoms. The molecule has 210 valence electrons. The van der Waals surface area contributed by atoms with Crippen LogP contribution in [-0.2, 0) is 11.3 Å². The molecule has 1 saturated heterocycles. The highest BCUT2D eigenvalue weighted by atomic mass is 19.1. The van der Waals surface area contributed by atoms with Crippen molar-refractivity contribution in [3.63, 3.8) is 0 Å². The SMILES string of the molecule is C=C/C(=C\C(F)=C/C)CCC1CC(=O)N(Cc2ccc(C(N)=O)cc2Oc2ccc(C(=O)NCC3CC3)cc2)C1. The van der Waals surface area contributed by atoms with Gasteiger partial charge in [-0.3, -0.25) is 14.4 Å². The average molecular weight is 546 g/mol. The number of likely N-dealkylation sites (tertiary alicyclic amines) is 1. The summed E-state index contributed by atoms with van der Waals surface area (Å²) in [6.07, 6.45) is 8.62. The lowest BCUT2D eigenvalue weighted by Gasteiger charge is -2.20. The number of benzene rings is 2. The Morgan fingerprint density at radius 3 is 2.52 bits per heavy atom. The van der Waals surface area contributed by atoms with Crippen LogP contribution in [0.3, 0.4) is 0 Å². The van der Waals surface area contributed by atoms with E-state index in [0.29, 0.717) is 55.5 Å². The van der Waals surface area contributed by atoms with E-state index in [2.05, 4.69) is 11.9 Å². The van der Waals surface area contributed by atoms with Crippen LogP contribution in [0.5, 0.6) is 11.5 Å². The maximum atomic E-state index is 13.6. The third kappa shape index (κ3) is 7.91. The molecular weight excluding hydrogens is 509 g/mol. The molecule has 3 amide bonds. The van der Waals surface area contributed by atoms with Crippen LogP contribution in [0.1, 0.15) is 65.3 Å². The number of amides is 3. The predicted octanol–water partition coefficient (Wildman–Crippen LogP) is 5.83. The van der Waals surface area contributed by atoms with Gasteiger partial charge in [-0.25, -0.2) is 4.39 Å². The Hall–Kier alpha value is -4.20. The molecule has 40 heavy (non-hydrogen) atoms. The van der Waals surface area contributed by atoms with E-state index in [1.165, 1.54) is 12.2 Å². The molecule has 0 radical (unpaired) electrons. The fourth-order valence-electron chi connectivity index (χ4n) is 4.67. The zero-order valence-corrected chi connectivity index (χ0v) is 22.8. The Kier molecular flexibility index (Phi) is 9.53. The van der Waals surface area contributed by atoms with Gasteiger partial charge < -0.3 is 20.7 Å². The molecule has 2 aromatic rings. The smallest absolute Gasteiger partial charge is 0.251 e. The quantitative estimate of drug-likeness (QED) is 0.309. The van der Waals surface area contributed by atoms with Gasteiger partial charge in [-0.1, -0.05) is 24.8 Å². The molecule has 3 N–H and O–H groups in total. The Balaban J connectivity index is 1.42. The van der Waals surface area contributed by atoms with Crippen LogP contribution in [0.25, 0.3) is 0 Å². The van der Waals surface area contributed by atoms with Crippen molar-refractivity contribution in [3.05, 3.63) is 95.4 Å². The Bertz CT molecular complexity index is 1330. The number of nitrogens with two attached hydrogens (primary N) is 1. The van der Waals surface area contributed by atoms with E-state index in [0.717, 1.165) is 30.4 Å². The van der Waals surface area contributed by atoms with Crippen molar-refractivity contribution in [3.8, 4) is 11.5 Å². The van der Waals surface area contributed by atoms with Crippen molar-refractivity contribution in [2.75, 3.05) is 13.1 Å². The molecule has 7 nitrogen and oxygen atoms in total. The van der Waals surface area contributed by atoms with Crippen LogP contribution in [0.15, 0.2) is 78.7 Å². The Morgan fingerprint density at radius 2 is 1.88 bits per heavy atom. The van der Waals surface area contributed by atoms with Gasteiger partial charge in [0.25, 0.3) is 5.91 Å². The van der Waals surface area contributed by atoms with E-state index in [1.54, 1.807) is 60.4 Å². The number of hydrogen-bond acceptors (Lipinski definition) is 4. The first-order valence-electron chi connectivity index (χ1n) is 13.7. The van der Waals surface area contributed by atoms with Crippen molar-refractivity contribution in [2.24, 2.45) is 17.6 Å². The summed E-state index contributed by atoms with van der Waals surface area (Å²) in [6.45, 7) is 6.97. The highest BCUT2D eigenvalue weighted by Gasteiger charge is 2.30. The zero-order valence-electron chi connectivity index (χ0n) is 22.8. The van der Waals surface area contributed by atoms with E-state index in [1.807, 2.05) is 0 Å². The van der Waals surface area contributed by atoms with E-state index in [4.69, 9.17) is 10.5 Å². The second-order valence-corrected chi connectivity index (χ2v) is 10.4. The van der Waals surface area contributed by atoms with Gasteiger partial charge in [0.15, 0.2) is 0 Å². The Morgan fingerprint density at radius 1 is 1.15 bits per heavy atom. The van der Waals surface area contributed by atoms with Crippen LogP contribution < -0.4 is 15.8 Å². The first-order valence-corrected chi connectivity index (χ1v) is 13.7. The maximum absolute atomic E-state index is 13.6. The summed E-state index contributed by atoms with van der Waals surface area (Å²) in [4.78, 5) is 38.8. The number of carbonyl (C=O) groups excluding carboxylic acids is 3. The summed E-state index contributed by atoms with van der Waals surface area (Å²) in [5, 5.41) is 2.94. The van der Waals surface area contributed by atoms with Gasteiger partial charge >= 0.3 is 0 Å². The second kappa shape index (κ2) is 13.2. The van der Waals surface area contributed by atoms with Gasteiger partial charge in [-0.05, 0) is 92.5 Å². The molecule has 2 aliphatic rings. The third-order valence-electron chi connectivity index (χ3n) is 7.30. The minimum absolute atomic E-state index is 0.0280. The summed E-state index contributed by atoms with van der Waals surface area (Å²) in [5.74, 6) is 0.641. The summed E-state index contributed by atoms with van der Waals surface area (Å²) < 4.78 is 19.8. The largest absolute Gasteiger partial charge is 0.457 e. The van der Waals surface area contributed by atoms with E-state index in [-0.39, 0.29) is 29.1 Å². The van der Waals surface area contributed by atoms with Crippen molar-refractivity contribution >= 4 is 17.7 Å². The molecule has 1 unspecified atom stereocenters. The number of allylic oxidation sites excluding steroid dienone is 5. The monoisotopic (exact) mass is 545 g/mol. The highest BCUT2D eigenvalue weighted by molar-refractivity contribution is 5.94. The topological polar surface area (TPSA) is 102 Å². The molecule has 2 fully saturated rings. The number of hydrogen-bond donors (Lipinski definition) is 2. The van der Waals surface area contributed by atoms with E-state index < -0.39 is 5.91 Å². The van der Waals surface area contributed by atoms with Gasteiger partial charge in [0.05, 0.1) is 0 Å². The normalized spacial score (nSPS) is 17.6. The fourth-order valence-corrected chi connectivity index (χ4v) is 4.67. The lowest BCUT2D eigenvalue weighted by molar-refractivity contribution is -0.128. The predicted molar refractivity (Wildman–Crippen MR) is 152 cm³/mol. The number of rotatable bonds is 13. The van der Waals surface area contributed by atoms with Gasteiger partial charge in [-0.2, -0.15) is 0 Å². The van der Waals surface area contributed by atoms with Crippen LogP contribution >= 0.6 is 0 Å². The lowest BCUT2D eigenvalue weighted by Crippen LogP contribution is -2.25. The van der Waals surface area contributed by atoms with Crippen molar-refractivity contribution in [1.82, 2.24) is 10.2 Å². The highest BCUT2D eigenvalue weighted by Crippen LogP contribution is 2.32. The molecule has 0 spiro atoms. The summed E-state index contributed by atoms with van der Waals surface area (Å²) >= 11 is 0. The van der Waals surface area contributed by atoms with Gasteiger partial charge in [0.1, 0.15) is 17.3 Å². The lowest BCUT2D eigenvalue weighted by atomic mass is 9.98. The zero-order chi connectivity index (χ0) is 28.6. The first kappa shape index (κ1) is 28.8. The third-order valence-corrected chi connectivity index (χ3v) is 7.30. The van der Waals surface area contributed by atoms with Crippen molar-refractivity contribution in [1.29, 1.82) is 0 Å². The molecule has 2 aromatic carbocycles. The van der Waals surface area contributed by atoms with E-state index in [9.17, 15) is 18.8 Å². The van der Waals surface area contributed by atoms with Gasteiger partial charge in [0, 0.05) is 42.7 Å². The molecule has 0 bridgehead atoms. The average Bonchev–Trinajstić information content (AvgIpc) is 3.72. The van der Waals surface area contributed by atoms with Gasteiger partial charge in [0.2, 0.25) is 11.8 Å². The molecule has 0 aromatic heterocycles. The Labute approximate surface area is 234 Å². The molecule has 1 aliphatic carbocycles. The minimum Gasteiger partial charge on any atom is -0.457 e. The number of carbonyl (C=O) groups is 3. The number of nitrogens with zero attached hydrogens (tertiary/aromatic N) is 1. The molecule has 1 aliphatic heterocycles. The minimum atomic E-state index is -0.586. The van der Waals surface area contributed by atoms with Crippen LogP contribution in [0.4, 0.5) is 4.39 Å². The molecule has 1 saturated carbocycles. The standard InChI is InChI=1S/C32H36FN3O4/c1-3-21(15-27(33)4-2)5-8-23-16-30(37)36(19-23)20-26-10-9-25(31(34)38)17-29(26)40-28-13-11-24(12-14-28)32(39)35-18-22-6-7-22/h3-4,9-15,17,22-23H,1,5-8,16,18-20H2,2H3,(H2,34,38)(H,35,39)/b21-15+,27-4+. The molecule has 4 rings (SSSR count). The molecular formula is C32H36FN3O4. The summed E-state index contributed by atoms with van der Waals surface area (Å²) in [6, 6.07) is 11.7. The number of ether oxygens (including phenoxy) is 1. The number of primary amides is 1. The fraction of sp³-hybridized carbons (Fsp3) is 0.344. The van der Waals surface area contributed by atoms with Crippen molar-refractivity contribution < 1.29 is 23.5 Å². The summed E-state index contributed by atoms with van der Waals surface area (Å²) in [7, 11) is 0. The number of nitrogens with one attached hydrogen (secondary N) is 1. The van der Waals surface area contributed by atoms with Crippen LogP contribution in [0, 0.1) is 11.8 Å². The van der Waals surface area contributed by atoms with Crippen molar-refractivity contribution in [2.45, 2.75) is 45.6 Å². The van der Waals surface area contributed by atoms with Gasteiger partial charge in [-0.15, -0.1) is 0 Å². The summed E-state index contributed by atoms with van der Waals surface area (Å²) in [5.41, 5.74) is 7.86. The maximum Gasteiger partial charge on any atom is 0.251 e. The molecule has 1 heterocycles. The van der Waals surface area contributed by atoms with Crippen LogP contribution in [0.2, 0.25) is 0 Å². The first-order chi connectivity index (χ1) is 19.2. The van der Waals surface area contributed by atoms with E-state index >= 15 is 0 Å². The van der Waals surface area contributed by atoms with Crippen LogP contribution in [-0.4, -0.2) is 35.7 Å².